The maximum atomic E-state index is 11.4. The van der Waals surface area contributed by atoms with Gasteiger partial charge in [0, 0.05) is 51.5 Å². The molecule has 0 aliphatic carbocycles. The molecule has 1 amide bonds. The lowest BCUT2D eigenvalue weighted by Gasteiger charge is -2.35. The highest BCUT2D eigenvalue weighted by Gasteiger charge is 2.21. The van der Waals surface area contributed by atoms with Crippen LogP contribution in [0.4, 0.5) is 11.5 Å². The van der Waals surface area contributed by atoms with Gasteiger partial charge in [-0.15, -0.1) is 0 Å². The fraction of sp³-hybridized carbons (Fsp3) is 0.280. The fourth-order valence-electron chi connectivity index (χ4n) is 4.04. The highest BCUT2D eigenvalue weighted by molar-refractivity contribution is 8.13. The summed E-state index contributed by atoms with van der Waals surface area (Å²) in [6.45, 7) is 6.17. The third-order valence-electron chi connectivity index (χ3n) is 5.73. The minimum absolute atomic E-state index is 0.141. The van der Waals surface area contributed by atoms with E-state index in [1.165, 1.54) is 30.6 Å². The van der Waals surface area contributed by atoms with E-state index in [2.05, 4.69) is 60.4 Å². The zero-order valence-electron chi connectivity index (χ0n) is 19.0. The quantitative estimate of drug-likeness (QED) is 0.599. The number of aromatic nitrogens is 2. The van der Waals surface area contributed by atoms with E-state index >= 15 is 0 Å². The van der Waals surface area contributed by atoms with Gasteiger partial charge in [0.1, 0.15) is 17.8 Å². The number of anilines is 1. The molecule has 5 rings (SSSR count). The number of para-hydroxylation sites is 1. The molecule has 2 aliphatic rings. The van der Waals surface area contributed by atoms with Crippen LogP contribution in [0.1, 0.15) is 18.1 Å². The van der Waals surface area contributed by atoms with E-state index in [0.29, 0.717) is 22.6 Å². The van der Waals surface area contributed by atoms with E-state index in [-0.39, 0.29) is 5.91 Å². The average molecular weight is 475 g/mol. The number of amides is 1. The number of piperazine rings is 1. The third-order valence-corrected chi connectivity index (χ3v) is 6.65. The molecule has 9 heteroatoms. The van der Waals surface area contributed by atoms with Crippen LogP contribution in [0.3, 0.4) is 0 Å². The molecule has 0 radical (unpaired) electrons. The summed E-state index contributed by atoms with van der Waals surface area (Å²) >= 11 is 1.50. The lowest BCUT2D eigenvalue weighted by Crippen LogP contribution is -2.46. The van der Waals surface area contributed by atoms with Gasteiger partial charge in [-0.1, -0.05) is 54.2 Å². The molecule has 2 aromatic carbocycles. The van der Waals surface area contributed by atoms with Crippen molar-refractivity contribution in [3.8, 4) is 11.6 Å². The molecule has 3 aromatic rings. The second-order valence-corrected chi connectivity index (χ2v) is 9.18. The van der Waals surface area contributed by atoms with Gasteiger partial charge in [-0.05, 0) is 17.2 Å². The van der Waals surface area contributed by atoms with Gasteiger partial charge in [0.15, 0.2) is 10.9 Å². The number of nitrogens with one attached hydrogen (secondary N) is 1. The molecular formula is C25H26N6O2S. The van der Waals surface area contributed by atoms with Crippen LogP contribution in [0.15, 0.2) is 65.9 Å². The standard InChI is InChI=1S/C25H26N6O2S/c1-18(32)28-25-29-24-20(16-34-25)8-5-9-21(24)33-23-14-22(26-17-27-23)31-12-10-30(11-13-31)15-19-6-3-2-4-7-19/h2-9,14,17H,10-13,15-16H2,1H3,(H,28,29,32). The molecule has 0 spiro atoms. The SMILES string of the molecule is CC(=O)NC1=Nc2c(cccc2Oc2cc(N3CCN(Cc4ccccc4)CC3)ncn2)CS1. The van der Waals surface area contributed by atoms with E-state index in [4.69, 9.17) is 4.74 Å². The smallest absolute Gasteiger partial charge is 0.224 e. The summed E-state index contributed by atoms with van der Waals surface area (Å²) in [7, 11) is 0. The fourth-order valence-corrected chi connectivity index (χ4v) is 4.93. The number of aliphatic imine (C=N–C) groups is 1. The van der Waals surface area contributed by atoms with Crippen molar-refractivity contribution in [2.24, 2.45) is 4.99 Å². The topological polar surface area (TPSA) is 83.0 Å². The van der Waals surface area contributed by atoms with Crippen LogP contribution >= 0.6 is 11.8 Å². The molecule has 34 heavy (non-hydrogen) atoms. The van der Waals surface area contributed by atoms with Crippen molar-refractivity contribution in [1.29, 1.82) is 0 Å². The van der Waals surface area contributed by atoms with Gasteiger partial charge >= 0.3 is 0 Å². The first-order valence-electron chi connectivity index (χ1n) is 11.3. The second-order valence-electron chi connectivity index (χ2n) is 8.22. The molecule has 174 valence electrons. The van der Waals surface area contributed by atoms with Gasteiger partial charge in [-0.3, -0.25) is 9.69 Å². The van der Waals surface area contributed by atoms with Crippen LogP contribution in [-0.4, -0.2) is 52.1 Å². The largest absolute Gasteiger partial charge is 0.437 e. The van der Waals surface area contributed by atoms with Crippen molar-refractivity contribution in [2.75, 3.05) is 31.1 Å². The van der Waals surface area contributed by atoms with Gasteiger partial charge in [0.2, 0.25) is 11.8 Å². The molecule has 0 unspecified atom stereocenters. The van der Waals surface area contributed by atoms with Crippen molar-refractivity contribution in [3.63, 3.8) is 0 Å². The highest BCUT2D eigenvalue weighted by Crippen LogP contribution is 2.40. The number of fused-ring (bicyclic) bond motifs is 1. The van der Waals surface area contributed by atoms with Crippen LogP contribution in [0.5, 0.6) is 11.6 Å². The Morgan fingerprint density at radius 3 is 2.68 bits per heavy atom. The van der Waals surface area contributed by atoms with Gasteiger partial charge in [-0.2, -0.15) is 0 Å². The number of benzene rings is 2. The van der Waals surface area contributed by atoms with Crippen molar-refractivity contribution < 1.29 is 9.53 Å². The van der Waals surface area contributed by atoms with Gasteiger partial charge in [-0.25, -0.2) is 15.0 Å². The summed E-state index contributed by atoms with van der Waals surface area (Å²) in [6, 6.07) is 18.3. The minimum Gasteiger partial charge on any atom is -0.437 e. The Labute approximate surface area is 203 Å². The first-order valence-corrected chi connectivity index (χ1v) is 12.2. The van der Waals surface area contributed by atoms with Crippen molar-refractivity contribution >= 4 is 34.3 Å². The number of rotatable bonds is 5. The maximum absolute atomic E-state index is 11.4. The van der Waals surface area contributed by atoms with Crippen LogP contribution in [0.25, 0.3) is 0 Å². The molecule has 0 bridgehead atoms. The first kappa shape index (κ1) is 22.4. The minimum atomic E-state index is -0.141. The summed E-state index contributed by atoms with van der Waals surface area (Å²) < 4.78 is 6.14. The number of nitrogens with zero attached hydrogens (tertiary/aromatic N) is 5. The average Bonchev–Trinajstić information content (AvgIpc) is 2.85. The lowest BCUT2D eigenvalue weighted by atomic mass is 10.2. The van der Waals surface area contributed by atoms with Gasteiger partial charge < -0.3 is 15.0 Å². The number of carbonyl (C=O) groups is 1. The number of thioether (sulfide) groups is 1. The van der Waals surface area contributed by atoms with E-state index < -0.39 is 0 Å². The number of amidine groups is 1. The molecule has 1 N–H and O–H groups in total. The van der Waals surface area contributed by atoms with Crippen molar-refractivity contribution in [3.05, 3.63) is 72.1 Å². The number of ether oxygens (including phenoxy) is 1. The zero-order valence-corrected chi connectivity index (χ0v) is 19.8. The number of hydrogen-bond donors (Lipinski definition) is 1. The first-order chi connectivity index (χ1) is 16.6. The highest BCUT2D eigenvalue weighted by atomic mass is 32.2. The van der Waals surface area contributed by atoms with Crippen LogP contribution in [-0.2, 0) is 17.1 Å². The lowest BCUT2D eigenvalue weighted by molar-refractivity contribution is -0.117. The van der Waals surface area contributed by atoms with E-state index in [9.17, 15) is 4.79 Å². The molecule has 8 nitrogen and oxygen atoms in total. The van der Waals surface area contributed by atoms with E-state index in [1.807, 2.05) is 24.3 Å². The number of hydrogen-bond acceptors (Lipinski definition) is 8. The summed E-state index contributed by atoms with van der Waals surface area (Å²) in [5, 5.41) is 3.34. The predicted molar refractivity (Wildman–Crippen MR) is 135 cm³/mol. The monoisotopic (exact) mass is 474 g/mol. The van der Waals surface area contributed by atoms with E-state index in [1.54, 1.807) is 0 Å². The van der Waals surface area contributed by atoms with Crippen LogP contribution in [0.2, 0.25) is 0 Å². The summed E-state index contributed by atoms with van der Waals surface area (Å²) in [5.41, 5.74) is 3.11. The third kappa shape index (κ3) is 5.37. The Bertz CT molecular complexity index is 1200. The molecule has 1 fully saturated rings. The van der Waals surface area contributed by atoms with Gasteiger partial charge in [0.05, 0.1) is 0 Å². The molecule has 1 saturated heterocycles. The molecule has 1 aromatic heterocycles. The molecule has 2 aliphatic heterocycles. The Morgan fingerprint density at radius 1 is 1.06 bits per heavy atom. The number of carbonyl (C=O) groups excluding carboxylic acids is 1. The predicted octanol–water partition coefficient (Wildman–Crippen LogP) is 3.96. The molecule has 0 atom stereocenters. The van der Waals surface area contributed by atoms with E-state index in [0.717, 1.165) is 49.8 Å². The molecule has 0 saturated carbocycles. The van der Waals surface area contributed by atoms with Crippen molar-refractivity contribution in [1.82, 2.24) is 20.2 Å². The van der Waals surface area contributed by atoms with Crippen molar-refractivity contribution in [2.45, 2.75) is 19.2 Å². The Balaban J connectivity index is 1.26. The maximum Gasteiger partial charge on any atom is 0.224 e. The summed E-state index contributed by atoms with van der Waals surface area (Å²) in [4.78, 5) is 29.6. The molecule has 3 heterocycles. The Kier molecular flexibility index (Phi) is 6.73. The summed E-state index contributed by atoms with van der Waals surface area (Å²) in [5.74, 6) is 2.51. The summed E-state index contributed by atoms with van der Waals surface area (Å²) in [6.07, 6.45) is 1.54. The molecular weight excluding hydrogens is 448 g/mol. The Hall–Kier alpha value is -3.43. The zero-order chi connectivity index (χ0) is 23.3. The van der Waals surface area contributed by atoms with Crippen LogP contribution in [0, 0.1) is 0 Å². The normalized spacial score (nSPS) is 15.9. The van der Waals surface area contributed by atoms with Gasteiger partial charge in [0.25, 0.3) is 0 Å². The van der Waals surface area contributed by atoms with Crippen LogP contribution < -0.4 is 15.0 Å². The second kappa shape index (κ2) is 10.2. The Morgan fingerprint density at radius 2 is 1.88 bits per heavy atom.